The highest BCUT2D eigenvalue weighted by Crippen LogP contribution is 2.28. The first-order valence-corrected chi connectivity index (χ1v) is 6.39. The van der Waals surface area contributed by atoms with Gasteiger partial charge < -0.3 is 9.47 Å². The van der Waals surface area contributed by atoms with E-state index in [1.807, 2.05) is 19.1 Å². The molecule has 0 aliphatic rings. The minimum Gasteiger partial charge on any atom is -0.479 e. The topological polar surface area (TPSA) is 35.5 Å². The molecule has 0 bridgehead atoms. The highest BCUT2D eigenvalue weighted by Gasteiger charge is 2.18. The fraction of sp³-hybridized carbons (Fsp3) is 0.533. The Labute approximate surface area is 109 Å². The summed E-state index contributed by atoms with van der Waals surface area (Å²) in [4.78, 5) is 11.6. The lowest BCUT2D eigenvalue weighted by molar-refractivity contribution is -0.150. The summed E-state index contributed by atoms with van der Waals surface area (Å²) in [5.41, 5.74) is 2.22. The summed E-state index contributed by atoms with van der Waals surface area (Å²) in [6.07, 6.45) is -0.579. The smallest absolute Gasteiger partial charge is 0.347 e. The quantitative estimate of drug-likeness (QED) is 0.751. The summed E-state index contributed by atoms with van der Waals surface area (Å²) in [6, 6.07) is 6.06. The number of carbonyl (C=O) groups excluding carboxylic acids is 1. The van der Waals surface area contributed by atoms with Crippen LogP contribution in [0, 0.1) is 6.92 Å². The van der Waals surface area contributed by atoms with Gasteiger partial charge in [-0.1, -0.05) is 26.0 Å². The molecule has 0 heterocycles. The number of ether oxygens (including phenoxy) is 2. The van der Waals surface area contributed by atoms with E-state index in [2.05, 4.69) is 19.9 Å². The second-order valence-corrected chi connectivity index (χ2v) is 4.71. The van der Waals surface area contributed by atoms with Crippen molar-refractivity contribution in [3.8, 4) is 5.75 Å². The van der Waals surface area contributed by atoms with Crippen LogP contribution in [-0.4, -0.2) is 18.7 Å². The van der Waals surface area contributed by atoms with E-state index in [0.717, 1.165) is 16.9 Å². The molecular formula is C15H22O3. The van der Waals surface area contributed by atoms with Gasteiger partial charge in [-0.05, 0) is 43.9 Å². The van der Waals surface area contributed by atoms with Crippen LogP contribution in [0.4, 0.5) is 0 Å². The minimum atomic E-state index is -0.579. The third kappa shape index (κ3) is 3.76. The zero-order chi connectivity index (χ0) is 13.7. The zero-order valence-corrected chi connectivity index (χ0v) is 11.8. The summed E-state index contributed by atoms with van der Waals surface area (Å²) in [7, 11) is 0. The molecular weight excluding hydrogens is 228 g/mol. The van der Waals surface area contributed by atoms with Crippen LogP contribution in [0.25, 0.3) is 0 Å². The van der Waals surface area contributed by atoms with Crippen LogP contribution in [0.1, 0.15) is 44.7 Å². The van der Waals surface area contributed by atoms with Crippen molar-refractivity contribution in [1.29, 1.82) is 0 Å². The van der Waals surface area contributed by atoms with Gasteiger partial charge in [0.15, 0.2) is 6.10 Å². The van der Waals surface area contributed by atoms with Crippen LogP contribution >= 0.6 is 0 Å². The molecule has 0 fully saturated rings. The fourth-order valence-corrected chi connectivity index (χ4v) is 1.72. The van der Waals surface area contributed by atoms with Gasteiger partial charge in [-0.25, -0.2) is 4.79 Å². The normalized spacial score (nSPS) is 12.3. The molecule has 1 aromatic rings. The molecule has 0 saturated carbocycles. The molecule has 3 nitrogen and oxygen atoms in total. The van der Waals surface area contributed by atoms with Crippen molar-refractivity contribution >= 4 is 5.97 Å². The first-order valence-electron chi connectivity index (χ1n) is 6.39. The van der Waals surface area contributed by atoms with Crippen molar-refractivity contribution in [2.24, 2.45) is 0 Å². The highest BCUT2D eigenvalue weighted by molar-refractivity contribution is 5.74. The first-order chi connectivity index (χ1) is 8.45. The van der Waals surface area contributed by atoms with Crippen LogP contribution in [0.15, 0.2) is 18.2 Å². The molecule has 1 unspecified atom stereocenters. The van der Waals surface area contributed by atoms with Gasteiger partial charge >= 0.3 is 5.97 Å². The average molecular weight is 250 g/mol. The van der Waals surface area contributed by atoms with Crippen molar-refractivity contribution in [1.82, 2.24) is 0 Å². The monoisotopic (exact) mass is 250 g/mol. The van der Waals surface area contributed by atoms with Crippen LogP contribution in [0.2, 0.25) is 0 Å². The van der Waals surface area contributed by atoms with Crippen LogP contribution in [-0.2, 0) is 9.53 Å². The molecule has 100 valence electrons. The van der Waals surface area contributed by atoms with Crippen molar-refractivity contribution in [3.63, 3.8) is 0 Å². The predicted octanol–water partition coefficient (Wildman–Crippen LogP) is 3.45. The van der Waals surface area contributed by atoms with Crippen molar-refractivity contribution in [2.45, 2.75) is 46.6 Å². The number of rotatable bonds is 5. The van der Waals surface area contributed by atoms with E-state index in [-0.39, 0.29) is 5.97 Å². The Morgan fingerprint density at radius 1 is 1.28 bits per heavy atom. The lowest BCUT2D eigenvalue weighted by atomic mass is 10.0. The van der Waals surface area contributed by atoms with E-state index in [4.69, 9.17) is 9.47 Å². The van der Waals surface area contributed by atoms with Gasteiger partial charge in [0, 0.05) is 0 Å². The van der Waals surface area contributed by atoms with Gasteiger partial charge in [0.25, 0.3) is 0 Å². The van der Waals surface area contributed by atoms with Crippen LogP contribution in [0.3, 0.4) is 0 Å². The fourth-order valence-electron chi connectivity index (χ4n) is 1.72. The Morgan fingerprint density at radius 2 is 1.94 bits per heavy atom. The average Bonchev–Trinajstić information content (AvgIpc) is 2.28. The molecule has 1 atom stereocenters. The lowest BCUT2D eigenvalue weighted by Gasteiger charge is -2.18. The Morgan fingerprint density at radius 3 is 2.50 bits per heavy atom. The van der Waals surface area contributed by atoms with Crippen molar-refractivity contribution in [3.05, 3.63) is 29.3 Å². The summed E-state index contributed by atoms with van der Waals surface area (Å²) in [5.74, 6) is 0.800. The maximum Gasteiger partial charge on any atom is 0.347 e. The first kappa shape index (κ1) is 14.6. The summed E-state index contributed by atoms with van der Waals surface area (Å²) < 4.78 is 10.7. The maximum atomic E-state index is 11.6. The molecule has 0 amide bonds. The molecule has 0 saturated heterocycles. The minimum absolute atomic E-state index is 0.325. The number of benzene rings is 1. The van der Waals surface area contributed by atoms with Gasteiger partial charge in [-0.3, -0.25) is 0 Å². The van der Waals surface area contributed by atoms with E-state index in [9.17, 15) is 4.79 Å². The van der Waals surface area contributed by atoms with Crippen molar-refractivity contribution < 1.29 is 14.3 Å². The third-order valence-corrected chi connectivity index (χ3v) is 2.71. The van der Waals surface area contributed by atoms with Gasteiger partial charge in [-0.2, -0.15) is 0 Å². The van der Waals surface area contributed by atoms with E-state index in [1.165, 1.54) is 0 Å². The van der Waals surface area contributed by atoms with Gasteiger partial charge in [0.05, 0.1) is 6.61 Å². The van der Waals surface area contributed by atoms with Crippen LogP contribution < -0.4 is 4.74 Å². The Hall–Kier alpha value is -1.51. The zero-order valence-electron chi connectivity index (χ0n) is 11.8. The Kier molecular flexibility index (Phi) is 5.20. The number of hydrogen-bond donors (Lipinski definition) is 0. The van der Waals surface area contributed by atoms with Gasteiger partial charge in [0.2, 0.25) is 0 Å². The standard InChI is InChI=1S/C15H22O3/c1-6-17-15(16)12(5)18-14-9-11(4)7-8-13(14)10(2)3/h7-10,12H,6H2,1-5H3. The highest BCUT2D eigenvalue weighted by atomic mass is 16.6. The third-order valence-electron chi connectivity index (χ3n) is 2.71. The second kappa shape index (κ2) is 6.43. The second-order valence-electron chi connectivity index (χ2n) is 4.71. The molecule has 0 aliphatic carbocycles. The van der Waals surface area contributed by atoms with E-state index in [0.29, 0.717) is 12.5 Å². The SMILES string of the molecule is CCOC(=O)C(C)Oc1cc(C)ccc1C(C)C. The van der Waals surface area contributed by atoms with Crippen LogP contribution in [0.5, 0.6) is 5.75 Å². The van der Waals surface area contributed by atoms with Crippen molar-refractivity contribution in [2.75, 3.05) is 6.61 Å². The molecule has 1 aromatic carbocycles. The van der Waals surface area contributed by atoms with E-state index >= 15 is 0 Å². The lowest BCUT2D eigenvalue weighted by Crippen LogP contribution is -2.26. The Bertz CT molecular complexity index is 410. The van der Waals surface area contributed by atoms with E-state index < -0.39 is 6.10 Å². The summed E-state index contributed by atoms with van der Waals surface area (Å²) in [5, 5.41) is 0. The molecule has 0 N–H and O–H groups in total. The number of carbonyl (C=O) groups is 1. The predicted molar refractivity (Wildman–Crippen MR) is 72.0 cm³/mol. The molecule has 3 heteroatoms. The largest absolute Gasteiger partial charge is 0.479 e. The molecule has 18 heavy (non-hydrogen) atoms. The molecule has 0 aromatic heterocycles. The number of hydrogen-bond acceptors (Lipinski definition) is 3. The maximum absolute atomic E-state index is 11.6. The number of esters is 1. The molecule has 0 spiro atoms. The number of aryl methyl sites for hydroxylation is 1. The molecule has 0 aliphatic heterocycles. The molecule has 0 radical (unpaired) electrons. The van der Waals surface area contributed by atoms with Gasteiger partial charge in [-0.15, -0.1) is 0 Å². The summed E-state index contributed by atoms with van der Waals surface area (Å²) >= 11 is 0. The molecule has 1 rings (SSSR count). The Balaban J connectivity index is 2.88. The van der Waals surface area contributed by atoms with E-state index in [1.54, 1.807) is 13.8 Å². The summed E-state index contributed by atoms with van der Waals surface area (Å²) in [6.45, 7) is 10.1. The van der Waals surface area contributed by atoms with Gasteiger partial charge in [0.1, 0.15) is 5.75 Å².